The van der Waals surface area contributed by atoms with Crippen molar-refractivity contribution in [3.63, 3.8) is 0 Å². The summed E-state index contributed by atoms with van der Waals surface area (Å²) in [6.45, 7) is 0. The van der Waals surface area contributed by atoms with Crippen LogP contribution in [-0.2, 0) is 0 Å². The summed E-state index contributed by atoms with van der Waals surface area (Å²) in [5.41, 5.74) is 0.756. The van der Waals surface area contributed by atoms with Gasteiger partial charge in [0, 0.05) is 17.4 Å². The molecule has 2 aromatic heterocycles. The van der Waals surface area contributed by atoms with Gasteiger partial charge >= 0.3 is 0 Å². The molecular weight excluding hydrogens is 329 g/mol. The molecule has 2 N–H and O–H groups in total. The molecule has 7 heteroatoms. The fraction of sp³-hybridized carbons (Fsp3) is 0.353. The normalized spacial score (nSPS) is 15.8. The summed E-state index contributed by atoms with van der Waals surface area (Å²) >= 11 is 6.17. The van der Waals surface area contributed by atoms with Crippen molar-refractivity contribution in [3.8, 4) is 0 Å². The van der Waals surface area contributed by atoms with Gasteiger partial charge in [0.2, 0.25) is 0 Å². The van der Waals surface area contributed by atoms with E-state index in [4.69, 9.17) is 11.6 Å². The molecule has 1 aromatic carbocycles. The number of fused-ring (bicyclic) bond motifs is 1. The van der Waals surface area contributed by atoms with Crippen LogP contribution in [0.5, 0.6) is 0 Å². The minimum absolute atomic E-state index is 0.310. The topological polar surface area (TPSA) is 66.5 Å². The molecule has 1 fully saturated rings. The lowest BCUT2D eigenvalue weighted by molar-refractivity contribution is 0.429. The molecule has 3 aromatic rings. The maximum absolute atomic E-state index is 13.5. The molecule has 0 amide bonds. The fourth-order valence-corrected chi connectivity index (χ4v) is 3.44. The Kier molecular flexibility index (Phi) is 4.06. The van der Waals surface area contributed by atoms with E-state index < -0.39 is 0 Å². The van der Waals surface area contributed by atoms with Crippen molar-refractivity contribution in [2.24, 2.45) is 0 Å². The maximum atomic E-state index is 13.5. The molecule has 0 aliphatic heterocycles. The van der Waals surface area contributed by atoms with Crippen LogP contribution in [0.2, 0.25) is 5.15 Å². The third-order valence-corrected chi connectivity index (χ3v) is 4.65. The van der Waals surface area contributed by atoms with Crippen LogP contribution in [-0.4, -0.2) is 20.2 Å². The quantitative estimate of drug-likeness (QED) is 0.660. The van der Waals surface area contributed by atoms with E-state index in [1.54, 1.807) is 12.1 Å². The predicted octanol–water partition coefficient (Wildman–Crippen LogP) is 4.94. The third kappa shape index (κ3) is 3.06. The monoisotopic (exact) mass is 345 g/mol. The van der Waals surface area contributed by atoms with Gasteiger partial charge in [-0.05, 0) is 31.0 Å². The van der Waals surface area contributed by atoms with Crippen molar-refractivity contribution in [2.45, 2.75) is 38.0 Å². The second-order valence-corrected chi connectivity index (χ2v) is 6.54. The number of anilines is 2. The first-order chi connectivity index (χ1) is 11.7. The van der Waals surface area contributed by atoms with Crippen molar-refractivity contribution in [1.29, 1.82) is 0 Å². The molecule has 0 spiro atoms. The minimum atomic E-state index is -0.310. The number of aromatic amines is 1. The summed E-state index contributed by atoms with van der Waals surface area (Å²) in [7, 11) is 0. The highest BCUT2D eigenvalue weighted by atomic mass is 35.5. The molecule has 0 bridgehead atoms. The second kappa shape index (κ2) is 6.36. The van der Waals surface area contributed by atoms with Crippen LogP contribution in [0.3, 0.4) is 0 Å². The molecule has 5 nitrogen and oxygen atoms in total. The standard InChI is InChI=1S/C17H17ClFN5/c18-14-9-15(21-16(20-14)10-4-2-1-3-5-10)22-17-12-8-11(19)6-7-13(12)23-24-17/h6-10H,1-5H2,(H2,20,21,22,23,24). The van der Waals surface area contributed by atoms with Gasteiger partial charge < -0.3 is 5.32 Å². The average Bonchev–Trinajstić information content (AvgIpc) is 2.97. The molecular formula is C17H17ClFN5. The van der Waals surface area contributed by atoms with Crippen molar-refractivity contribution in [1.82, 2.24) is 20.2 Å². The number of aromatic nitrogens is 4. The molecule has 124 valence electrons. The number of rotatable bonds is 3. The van der Waals surface area contributed by atoms with E-state index in [9.17, 15) is 4.39 Å². The molecule has 1 aliphatic carbocycles. The lowest BCUT2D eigenvalue weighted by Gasteiger charge is -2.20. The summed E-state index contributed by atoms with van der Waals surface area (Å²) in [5, 5.41) is 11.3. The first kappa shape index (κ1) is 15.3. The summed E-state index contributed by atoms with van der Waals surface area (Å²) in [5.74, 6) is 1.92. The van der Waals surface area contributed by atoms with Gasteiger partial charge in [0.05, 0.1) is 5.52 Å². The van der Waals surface area contributed by atoms with E-state index in [2.05, 4.69) is 25.5 Å². The number of nitrogens with zero attached hydrogens (tertiary/aromatic N) is 3. The minimum Gasteiger partial charge on any atom is -0.323 e. The van der Waals surface area contributed by atoms with Gasteiger partial charge in [0.25, 0.3) is 0 Å². The van der Waals surface area contributed by atoms with Crippen LogP contribution in [0, 0.1) is 5.82 Å². The Bertz CT molecular complexity index is 873. The van der Waals surface area contributed by atoms with E-state index in [0.717, 1.165) is 24.2 Å². The molecule has 0 saturated heterocycles. The first-order valence-electron chi connectivity index (χ1n) is 8.14. The Morgan fingerprint density at radius 1 is 1.12 bits per heavy atom. The van der Waals surface area contributed by atoms with Crippen LogP contribution >= 0.6 is 11.6 Å². The summed E-state index contributed by atoms with van der Waals surface area (Å²) in [6.07, 6.45) is 5.86. The first-order valence-corrected chi connectivity index (χ1v) is 8.52. The van der Waals surface area contributed by atoms with Gasteiger partial charge in [-0.1, -0.05) is 30.9 Å². The van der Waals surface area contributed by atoms with Crippen molar-refractivity contribution >= 4 is 34.1 Å². The van der Waals surface area contributed by atoms with Gasteiger partial charge in [0.1, 0.15) is 22.6 Å². The maximum Gasteiger partial charge on any atom is 0.161 e. The molecule has 24 heavy (non-hydrogen) atoms. The molecule has 2 heterocycles. The number of benzene rings is 1. The van der Waals surface area contributed by atoms with Gasteiger partial charge in [-0.15, -0.1) is 0 Å². The lowest BCUT2D eigenvalue weighted by Crippen LogP contribution is -2.10. The highest BCUT2D eigenvalue weighted by Gasteiger charge is 2.19. The summed E-state index contributed by atoms with van der Waals surface area (Å²) in [6, 6.07) is 6.15. The lowest BCUT2D eigenvalue weighted by atomic mass is 9.89. The molecule has 0 unspecified atom stereocenters. The van der Waals surface area contributed by atoms with E-state index in [0.29, 0.717) is 28.1 Å². The van der Waals surface area contributed by atoms with Crippen molar-refractivity contribution in [2.75, 3.05) is 5.32 Å². The van der Waals surface area contributed by atoms with Gasteiger partial charge in [-0.2, -0.15) is 5.10 Å². The van der Waals surface area contributed by atoms with E-state index in [-0.39, 0.29) is 5.82 Å². The van der Waals surface area contributed by atoms with Crippen LogP contribution in [0.15, 0.2) is 24.3 Å². The third-order valence-electron chi connectivity index (χ3n) is 4.45. The highest BCUT2D eigenvalue weighted by Crippen LogP contribution is 2.32. The highest BCUT2D eigenvalue weighted by molar-refractivity contribution is 6.29. The van der Waals surface area contributed by atoms with Crippen LogP contribution in [0.1, 0.15) is 43.8 Å². The smallest absolute Gasteiger partial charge is 0.161 e. The zero-order valence-corrected chi connectivity index (χ0v) is 13.8. The van der Waals surface area contributed by atoms with E-state index in [1.807, 2.05) is 0 Å². The zero-order valence-electron chi connectivity index (χ0n) is 13.0. The fourth-order valence-electron chi connectivity index (χ4n) is 3.25. The Labute approximate surface area is 143 Å². The molecule has 1 aliphatic rings. The Hall–Kier alpha value is -2.21. The van der Waals surface area contributed by atoms with Gasteiger partial charge in [-0.25, -0.2) is 14.4 Å². The Morgan fingerprint density at radius 3 is 2.79 bits per heavy atom. The Morgan fingerprint density at radius 2 is 1.96 bits per heavy atom. The summed E-state index contributed by atoms with van der Waals surface area (Å²) in [4.78, 5) is 9.00. The number of hydrogen-bond acceptors (Lipinski definition) is 4. The molecule has 0 atom stereocenters. The molecule has 0 radical (unpaired) electrons. The van der Waals surface area contributed by atoms with Crippen LogP contribution in [0.25, 0.3) is 10.9 Å². The molecule has 1 saturated carbocycles. The van der Waals surface area contributed by atoms with E-state index >= 15 is 0 Å². The Balaban J connectivity index is 1.66. The number of hydrogen-bond donors (Lipinski definition) is 2. The number of nitrogens with one attached hydrogen (secondary N) is 2. The zero-order chi connectivity index (χ0) is 16.5. The van der Waals surface area contributed by atoms with Crippen LogP contribution in [0.4, 0.5) is 16.0 Å². The summed E-state index contributed by atoms with van der Waals surface area (Å²) < 4.78 is 13.5. The largest absolute Gasteiger partial charge is 0.323 e. The number of H-pyrrole nitrogens is 1. The van der Waals surface area contributed by atoms with Gasteiger partial charge in [-0.3, -0.25) is 5.10 Å². The predicted molar refractivity (Wildman–Crippen MR) is 92.2 cm³/mol. The molecule has 4 rings (SSSR count). The van der Waals surface area contributed by atoms with Gasteiger partial charge in [0.15, 0.2) is 5.82 Å². The number of halogens is 2. The van der Waals surface area contributed by atoms with Crippen molar-refractivity contribution < 1.29 is 4.39 Å². The van der Waals surface area contributed by atoms with E-state index in [1.165, 1.54) is 31.4 Å². The average molecular weight is 346 g/mol. The van der Waals surface area contributed by atoms with Crippen molar-refractivity contribution in [3.05, 3.63) is 41.1 Å². The SMILES string of the molecule is Fc1ccc2[nH]nc(Nc3cc(Cl)nc(C4CCCCC4)n3)c2c1. The second-order valence-electron chi connectivity index (χ2n) is 6.16. The van der Waals surface area contributed by atoms with Crippen LogP contribution < -0.4 is 5.32 Å².